The summed E-state index contributed by atoms with van der Waals surface area (Å²) in [4.78, 5) is 0.0895. The number of hydrogen-bond donors (Lipinski definition) is 0. The Hall–Kier alpha value is -0.780. The first-order chi connectivity index (χ1) is 7.97. The summed E-state index contributed by atoms with van der Waals surface area (Å²) in [6.07, 6.45) is 0.904. The quantitative estimate of drug-likeness (QED) is 0.793. The van der Waals surface area contributed by atoms with E-state index in [0.29, 0.717) is 19.0 Å². The molecule has 0 amide bonds. The van der Waals surface area contributed by atoms with E-state index in [2.05, 4.69) is 0 Å². The van der Waals surface area contributed by atoms with Gasteiger partial charge in [-0.05, 0) is 30.7 Å². The number of halogens is 1. The zero-order valence-electron chi connectivity index (χ0n) is 9.35. The van der Waals surface area contributed by atoms with Crippen LogP contribution in [0.5, 0.6) is 5.75 Å². The number of hydrogen-bond acceptors (Lipinski definition) is 4. The number of rotatable bonds is 3. The molecule has 1 aromatic rings. The highest BCUT2D eigenvalue weighted by atomic mass is 35.7. The van der Waals surface area contributed by atoms with Crippen molar-refractivity contribution in [3.05, 3.63) is 23.8 Å². The van der Waals surface area contributed by atoms with Crippen LogP contribution in [0.4, 0.5) is 0 Å². The van der Waals surface area contributed by atoms with Gasteiger partial charge in [0.1, 0.15) is 11.9 Å². The topological polar surface area (TPSA) is 52.6 Å². The molecule has 0 spiro atoms. The predicted octanol–water partition coefficient (Wildman–Crippen LogP) is 2.09. The van der Waals surface area contributed by atoms with E-state index >= 15 is 0 Å². The standard InChI is InChI=1S/C11H13ClO4S/c1-8-6-10(17(12,13)14)2-3-11(8)16-9-4-5-15-7-9/h2-3,6,9H,4-5,7H2,1H3. The lowest BCUT2D eigenvalue weighted by molar-refractivity contribution is 0.141. The van der Waals surface area contributed by atoms with Crippen LogP contribution in [-0.2, 0) is 13.8 Å². The van der Waals surface area contributed by atoms with Gasteiger partial charge in [0, 0.05) is 17.1 Å². The lowest BCUT2D eigenvalue weighted by atomic mass is 10.2. The summed E-state index contributed by atoms with van der Waals surface area (Å²) in [7, 11) is 1.59. The molecule has 1 aliphatic heterocycles. The minimum atomic E-state index is -3.68. The summed E-state index contributed by atoms with van der Waals surface area (Å²) in [5.74, 6) is 0.671. The molecule has 0 saturated carbocycles. The van der Waals surface area contributed by atoms with Gasteiger partial charge in [-0.25, -0.2) is 8.42 Å². The van der Waals surface area contributed by atoms with E-state index in [9.17, 15) is 8.42 Å². The molecule has 1 saturated heterocycles. The highest BCUT2D eigenvalue weighted by Crippen LogP contribution is 2.25. The second-order valence-corrected chi connectivity index (χ2v) is 6.53. The highest BCUT2D eigenvalue weighted by molar-refractivity contribution is 8.13. The van der Waals surface area contributed by atoms with Crippen molar-refractivity contribution in [2.45, 2.75) is 24.3 Å². The van der Waals surface area contributed by atoms with Crippen LogP contribution in [0.3, 0.4) is 0 Å². The van der Waals surface area contributed by atoms with E-state index in [-0.39, 0.29) is 11.0 Å². The van der Waals surface area contributed by atoms with E-state index in [0.717, 1.165) is 12.0 Å². The molecule has 0 aromatic heterocycles. The van der Waals surface area contributed by atoms with E-state index in [1.807, 2.05) is 0 Å². The van der Waals surface area contributed by atoms with Gasteiger partial charge in [0.15, 0.2) is 0 Å². The smallest absolute Gasteiger partial charge is 0.261 e. The minimum Gasteiger partial charge on any atom is -0.488 e. The van der Waals surface area contributed by atoms with Crippen LogP contribution in [0.2, 0.25) is 0 Å². The predicted molar refractivity (Wildman–Crippen MR) is 64.1 cm³/mol. The Bertz CT molecular complexity index is 506. The third-order valence-corrected chi connectivity index (χ3v) is 3.96. The summed E-state index contributed by atoms with van der Waals surface area (Å²) in [6.45, 7) is 3.07. The van der Waals surface area contributed by atoms with Crippen LogP contribution in [0.1, 0.15) is 12.0 Å². The van der Waals surface area contributed by atoms with Gasteiger partial charge in [0.2, 0.25) is 0 Å². The second-order valence-electron chi connectivity index (χ2n) is 3.97. The third kappa shape index (κ3) is 3.12. The van der Waals surface area contributed by atoms with E-state index in [4.69, 9.17) is 20.2 Å². The lowest BCUT2D eigenvalue weighted by Gasteiger charge is -2.14. The molecule has 1 heterocycles. The van der Waals surface area contributed by atoms with Gasteiger partial charge in [-0.1, -0.05) is 0 Å². The van der Waals surface area contributed by atoms with Gasteiger partial charge in [-0.2, -0.15) is 0 Å². The molecule has 94 valence electrons. The molecule has 1 aliphatic rings. The van der Waals surface area contributed by atoms with Crippen LogP contribution in [0.15, 0.2) is 23.1 Å². The molecule has 0 radical (unpaired) electrons. The molecule has 6 heteroatoms. The summed E-state index contributed by atoms with van der Waals surface area (Å²) < 4.78 is 33.2. The van der Waals surface area contributed by atoms with Crippen molar-refractivity contribution < 1.29 is 17.9 Å². The molecule has 17 heavy (non-hydrogen) atoms. The first-order valence-corrected chi connectivity index (χ1v) is 7.57. The van der Waals surface area contributed by atoms with Crippen molar-refractivity contribution in [2.24, 2.45) is 0 Å². The fourth-order valence-electron chi connectivity index (χ4n) is 1.69. The van der Waals surface area contributed by atoms with Crippen molar-refractivity contribution in [1.82, 2.24) is 0 Å². The van der Waals surface area contributed by atoms with Crippen LogP contribution in [0, 0.1) is 6.92 Å². The molecule has 1 atom stereocenters. The molecule has 0 bridgehead atoms. The Balaban J connectivity index is 2.19. The van der Waals surface area contributed by atoms with E-state index in [1.54, 1.807) is 13.0 Å². The SMILES string of the molecule is Cc1cc(S(=O)(=O)Cl)ccc1OC1CCOC1. The van der Waals surface area contributed by atoms with Crippen LogP contribution < -0.4 is 4.74 Å². The van der Waals surface area contributed by atoms with Crippen molar-refractivity contribution in [3.63, 3.8) is 0 Å². The molecular weight excluding hydrogens is 264 g/mol. The number of aryl methyl sites for hydroxylation is 1. The van der Waals surface area contributed by atoms with Crippen LogP contribution in [-0.4, -0.2) is 27.7 Å². The summed E-state index contributed by atoms with van der Waals surface area (Å²) in [5.41, 5.74) is 0.749. The molecule has 0 aliphatic carbocycles. The van der Waals surface area contributed by atoms with E-state index < -0.39 is 9.05 Å². The Morgan fingerprint density at radius 1 is 1.47 bits per heavy atom. The zero-order valence-corrected chi connectivity index (χ0v) is 10.9. The molecule has 4 nitrogen and oxygen atoms in total. The molecule has 1 unspecified atom stereocenters. The highest BCUT2D eigenvalue weighted by Gasteiger charge is 2.19. The third-order valence-electron chi connectivity index (χ3n) is 2.61. The Morgan fingerprint density at radius 3 is 2.76 bits per heavy atom. The van der Waals surface area contributed by atoms with Crippen molar-refractivity contribution in [1.29, 1.82) is 0 Å². The molecule has 1 aromatic carbocycles. The Morgan fingerprint density at radius 2 is 2.24 bits per heavy atom. The summed E-state index contributed by atoms with van der Waals surface area (Å²) in [6, 6.07) is 4.58. The molecule has 2 rings (SSSR count). The minimum absolute atomic E-state index is 0.0483. The average Bonchev–Trinajstić information content (AvgIpc) is 2.72. The first kappa shape index (κ1) is 12.7. The van der Waals surface area contributed by atoms with Crippen molar-refractivity contribution >= 4 is 19.7 Å². The van der Waals surface area contributed by atoms with Crippen molar-refractivity contribution in [2.75, 3.05) is 13.2 Å². The largest absolute Gasteiger partial charge is 0.488 e. The van der Waals surface area contributed by atoms with Gasteiger partial charge in [-0.15, -0.1) is 0 Å². The molecular formula is C11H13ClO4S. The molecule has 1 fully saturated rings. The maximum atomic E-state index is 11.1. The van der Waals surface area contributed by atoms with Crippen molar-refractivity contribution in [3.8, 4) is 5.75 Å². The lowest BCUT2D eigenvalue weighted by Crippen LogP contribution is -2.16. The monoisotopic (exact) mass is 276 g/mol. The van der Waals surface area contributed by atoms with Gasteiger partial charge in [0.05, 0.1) is 18.1 Å². The van der Waals surface area contributed by atoms with Gasteiger partial charge >= 0.3 is 0 Å². The maximum absolute atomic E-state index is 11.1. The van der Waals surface area contributed by atoms with E-state index in [1.165, 1.54) is 12.1 Å². The maximum Gasteiger partial charge on any atom is 0.261 e. The fraction of sp³-hybridized carbons (Fsp3) is 0.455. The Labute approximate surface area is 105 Å². The van der Waals surface area contributed by atoms with Crippen LogP contribution >= 0.6 is 10.7 Å². The zero-order chi connectivity index (χ0) is 12.5. The van der Waals surface area contributed by atoms with Gasteiger partial charge in [0.25, 0.3) is 9.05 Å². The summed E-state index contributed by atoms with van der Waals surface area (Å²) in [5, 5.41) is 0. The first-order valence-electron chi connectivity index (χ1n) is 5.26. The van der Waals surface area contributed by atoms with Crippen LogP contribution in [0.25, 0.3) is 0 Å². The fourth-order valence-corrected chi connectivity index (χ4v) is 2.53. The van der Waals surface area contributed by atoms with Gasteiger partial charge in [-0.3, -0.25) is 0 Å². The summed E-state index contributed by atoms with van der Waals surface area (Å²) >= 11 is 0. The van der Waals surface area contributed by atoms with Gasteiger partial charge < -0.3 is 9.47 Å². The molecule has 0 N–H and O–H groups in total. The normalized spacial score (nSPS) is 20.5. The average molecular weight is 277 g/mol. The number of ether oxygens (including phenoxy) is 2. The number of benzene rings is 1. The Kier molecular flexibility index (Phi) is 3.61. The second kappa shape index (κ2) is 4.84.